The average Bonchev–Trinajstić information content (AvgIpc) is 2.42. The Morgan fingerprint density at radius 1 is 1.32 bits per heavy atom. The lowest BCUT2D eigenvalue weighted by atomic mass is 10.1. The Balaban J connectivity index is 1.88. The van der Waals surface area contributed by atoms with Gasteiger partial charge in [0.05, 0.1) is 18.0 Å². The van der Waals surface area contributed by atoms with Crippen molar-refractivity contribution in [2.75, 3.05) is 6.54 Å². The molecule has 0 aliphatic carbocycles. The molecule has 1 N–H and O–H groups in total. The standard InChI is InChI=1S/C13H11ClFN3O/c14-12-7-11(15)2-1-9(12)3-5-16-13(19)10-4-6-17-18-8-10/h1-2,4,6-8H,3,5H2,(H,16,19). The highest BCUT2D eigenvalue weighted by atomic mass is 35.5. The second kappa shape index (κ2) is 6.24. The largest absolute Gasteiger partial charge is 0.352 e. The van der Waals surface area contributed by atoms with Gasteiger partial charge in [-0.05, 0) is 30.2 Å². The fraction of sp³-hybridized carbons (Fsp3) is 0.154. The first-order chi connectivity index (χ1) is 9.16. The van der Waals surface area contributed by atoms with E-state index in [2.05, 4.69) is 15.5 Å². The van der Waals surface area contributed by atoms with Gasteiger partial charge in [-0.1, -0.05) is 17.7 Å². The lowest BCUT2D eigenvalue weighted by Crippen LogP contribution is -2.25. The summed E-state index contributed by atoms with van der Waals surface area (Å²) in [7, 11) is 0. The molecule has 0 fully saturated rings. The van der Waals surface area contributed by atoms with Crippen molar-refractivity contribution in [2.24, 2.45) is 0 Å². The number of rotatable bonds is 4. The van der Waals surface area contributed by atoms with E-state index < -0.39 is 0 Å². The van der Waals surface area contributed by atoms with Gasteiger partial charge in [-0.3, -0.25) is 4.79 Å². The molecule has 1 aromatic heterocycles. The van der Waals surface area contributed by atoms with E-state index in [0.29, 0.717) is 23.6 Å². The summed E-state index contributed by atoms with van der Waals surface area (Å²) in [6.45, 7) is 0.409. The maximum atomic E-state index is 12.9. The van der Waals surface area contributed by atoms with E-state index in [-0.39, 0.29) is 11.7 Å². The molecule has 0 bridgehead atoms. The lowest BCUT2D eigenvalue weighted by molar-refractivity contribution is 0.0953. The number of amides is 1. The van der Waals surface area contributed by atoms with Crippen LogP contribution in [0.5, 0.6) is 0 Å². The van der Waals surface area contributed by atoms with Gasteiger partial charge in [0.1, 0.15) is 5.82 Å². The molecule has 0 radical (unpaired) electrons. The van der Waals surface area contributed by atoms with Crippen LogP contribution < -0.4 is 5.32 Å². The van der Waals surface area contributed by atoms with Crippen LogP contribution >= 0.6 is 11.6 Å². The lowest BCUT2D eigenvalue weighted by Gasteiger charge is -2.06. The zero-order valence-corrected chi connectivity index (χ0v) is 10.7. The van der Waals surface area contributed by atoms with Crippen molar-refractivity contribution in [1.29, 1.82) is 0 Å². The first kappa shape index (κ1) is 13.4. The van der Waals surface area contributed by atoms with Gasteiger partial charge in [0, 0.05) is 11.6 Å². The fourth-order valence-corrected chi connectivity index (χ4v) is 1.82. The molecular formula is C13H11ClFN3O. The van der Waals surface area contributed by atoms with Crippen molar-refractivity contribution in [3.05, 3.63) is 58.6 Å². The summed E-state index contributed by atoms with van der Waals surface area (Å²) < 4.78 is 12.9. The van der Waals surface area contributed by atoms with Gasteiger partial charge < -0.3 is 5.32 Å². The van der Waals surface area contributed by atoms with Crippen molar-refractivity contribution < 1.29 is 9.18 Å². The first-order valence-corrected chi connectivity index (χ1v) is 6.03. The molecule has 0 atom stereocenters. The van der Waals surface area contributed by atoms with Gasteiger partial charge in [0.25, 0.3) is 5.91 Å². The molecule has 4 nitrogen and oxygen atoms in total. The van der Waals surface area contributed by atoms with E-state index in [9.17, 15) is 9.18 Å². The number of aromatic nitrogens is 2. The van der Waals surface area contributed by atoms with Crippen molar-refractivity contribution >= 4 is 17.5 Å². The smallest absolute Gasteiger partial charge is 0.252 e. The summed E-state index contributed by atoms with van der Waals surface area (Å²) in [4.78, 5) is 11.7. The predicted molar refractivity (Wildman–Crippen MR) is 69.5 cm³/mol. The molecule has 19 heavy (non-hydrogen) atoms. The van der Waals surface area contributed by atoms with Crippen LogP contribution in [-0.4, -0.2) is 22.6 Å². The zero-order valence-electron chi connectivity index (χ0n) is 9.94. The van der Waals surface area contributed by atoms with E-state index in [1.165, 1.54) is 24.5 Å². The number of carbonyl (C=O) groups excluding carboxylic acids is 1. The highest BCUT2D eigenvalue weighted by Gasteiger charge is 2.06. The maximum absolute atomic E-state index is 12.9. The second-order valence-electron chi connectivity index (χ2n) is 3.87. The van der Waals surface area contributed by atoms with E-state index in [0.717, 1.165) is 5.56 Å². The molecule has 1 heterocycles. The van der Waals surface area contributed by atoms with Crippen LogP contribution in [0.2, 0.25) is 5.02 Å². The SMILES string of the molecule is O=C(NCCc1ccc(F)cc1Cl)c1ccnnc1. The molecule has 0 aliphatic rings. The average molecular weight is 280 g/mol. The van der Waals surface area contributed by atoms with Crippen LogP contribution in [0.4, 0.5) is 4.39 Å². The molecule has 98 valence electrons. The molecule has 1 aromatic carbocycles. The zero-order chi connectivity index (χ0) is 13.7. The number of benzene rings is 1. The van der Waals surface area contributed by atoms with E-state index in [1.807, 2.05) is 0 Å². The van der Waals surface area contributed by atoms with Crippen LogP contribution in [0.3, 0.4) is 0 Å². The molecule has 0 saturated heterocycles. The maximum Gasteiger partial charge on any atom is 0.252 e. The van der Waals surface area contributed by atoms with Gasteiger partial charge >= 0.3 is 0 Å². The number of halogens is 2. The predicted octanol–water partition coefficient (Wildman–Crippen LogP) is 2.24. The molecule has 2 aromatic rings. The Morgan fingerprint density at radius 3 is 2.84 bits per heavy atom. The van der Waals surface area contributed by atoms with Crippen molar-refractivity contribution in [3.63, 3.8) is 0 Å². The minimum atomic E-state index is -0.374. The van der Waals surface area contributed by atoms with Crippen LogP contribution in [0.15, 0.2) is 36.7 Å². The fourth-order valence-electron chi connectivity index (χ4n) is 1.56. The first-order valence-electron chi connectivity index (χ1n) is 5.65. The normalized spacial score (nSPS) is 10.2. The van der Waals surface area contributed by atoms with E-state index in [1.54, 1.807) is 12.1 Å². The quantitative estimate of drug-likeness (QED) is 0.934. The number of hydrogen-bond acceptors (Lipinski definition) is 3. The van der Waals surface area contributed by atoms with Crippen molar-refractivity contribution in [3.8, 4) is 0 Å². The third-order valence-electron chi connectivity index (χ3n) is 2.54. The van der Waals surface area contributed by atoms with Gasteiger partial charge in [-0.15, -0.1) is 0 Å². The molecule has 0 saturated carbocycles. The minimum absolute atomic E-state index is 0.229. The molecular weight excluding hydrogens is 269 g/mol. The van der Waals surface area contributed by atoms with E-state index in [4.69, 9.17) is 11.6 Å². The Morgan fingerprint density at radius 2 is 2.16 bits per heavy atom. The molecule has 0 aliphatic heterocycles. The van der Waals surface area contributed by atoms with Crippen LogP contribution in [-0.2, 0) is 6.42 Å². The van der Waals surface area contributed by atoms with Crippen molar-refractivity contribution in [2.45, 2.75) is 6.42 Å². The molecule has 1 amide bonds. The highest BCUT2D eigenvalue weighted by Crippen LogP contribution is 2.17. The Labute approximate surface area is 114 Å². The summed E-state index contributed by atoms with van der Waals surface area (Å²) in [5.41, 5.74) is 1.23. The second-order valence-corrected chi connectivity index (χ2v) is 4.28. The van der Waals surface area contributed by atoms with Crippen LogP contribution in [0, 0.1) is 5.82 Å². The van der Waals surface area contributed by atoms with Crippen LogP contribution in [0.1, 0.15) is 15.9 Å². The summed E-state index contributed by atoms with van der Waals surface area (Å²) in [5, 5.41) is 10.3. The Bertz CT molecular complexity index is 577. The highest BCUT2D eigenvalue weighted by molar-refractivity contribution is 6.31. The van der Waals surface area contributed by atoms with E-state index >= 15 is 0 Å². The number of nitrogens with one attached hydrogen (secondary N) is 1. The van der Waals surface area contributed by atoms with Gasteiger partial charge in [-0.2, -0.15) is 10.2 Å². The summed E-state index contributed by atoms with van der Waals surface area (Å²) >= 11 is 5.89. The Kier molecular flexibility index (Phi) is 4.41. The minimum Gasteiger partial charge on any atom is -0.352 e. The van der Waals surface area contributed by atoms with Crippen molar-refractivity contribution in [1.82, 2.24) is 15.5 Å². The van der Waals surface area contributed by atoms with Gasteiger partial charge in [-0.25, -0.2) is 4.39 Å². The number of hydrogen-bond donors (Lipinski definition) is 1. The monoisotopic (exact) mass is 279 g/mol. The number of carbonyl (C=O) groups is 1. The molecule has 0 spiro atoms. The van der Waals surface area contributed by atoms with Crippen LogP contribution in [0.25, 0.3) is 0 Å². The molecule has 0 unspecified atom stereocenters. The summed E-state index contributed by atoms with van der Waals surface area (Å²) in [5.74, 6) is -0.603. The van der Waals surface area contributed by atoms with Gasteiger partial charge in [0.2, 0.25) is 0 Å². The van der Waals surface area contributed by atoms with Gasteiger partial charge in [0.15, 0.2) is 0 Å². The molecule has 6 heteroatoms. The summed E-state index contributed by atoms with van der Waals surface area (Å²) in [6, 6.07) is 5.78. The summed E-state index contributed by atoms with van der Waals surface area (Å²) in [6.07, 6.45) is 3.37. The third kappa shape index (κ3) is 3.72. The molecule has 2 rings (SSSR count). The third-order valence-corrected chi connectivity index (χ3v) is 2.89. The Hall–Kier alpha value is -2.01. The number of nitrogens with zero attached hydrogens (tertiary/aromatic N) is 2. The topological polar surface area (TPSA) is 54.9 Å².